The number of aromatic nitrogens is 1. The summed E-state index contributed by atoms with van der Waals surface area (Å²) in [5.41, 5.74) is 4.57. The number of hydrogen-bond acceptors (Lipinski definition) is 4. The molecule has 5 heteroatoms. The zero-order valence-electron chi connectivity index (χ0n) is 15.2. The largest absolute Gasteiger partial charge is 0.493 e. The first-order valence-electron chi connectivity index (χ1n) is 9.19. The fourth-order valence-electron chi connectivity index (χ4n) is 3.97. The molecule has 2 aliphatic rings. The molecule has 1 aliphatic carbocycles. The van der Waals surface area contributed by atoms with Gasteiger partial charge in [0.05, 0.1) is 18.8 Å². The van der Waals surface area contributed by atoms with Crippen LogP contribution in [0.4, 0.5) is 0 Å². The van der Waals surface area contributed by atoms with Gasteiger partial charge >= 0.3 is 0 Å². The minimum atomic E-state index is -0.262. The first kappa shape index (κ1) is 17.0. The Bertz CT molecular complexity index is 823. The fraction of sp³-hybridized carbons (Fsp3) is 0.429. The lowest BCUT2D eigenvalue weighted by atomic mass is 9.74. The van der Waals surface area contributed by atoms with Gasteiger partial charge in [-0.25, -0.2) is 0 Å². The van der Waals surface area contributed by atoms with Gasteiger partial charge in [0.25, 0.3) is 5.91 Å². The number of carbonyl (C=O) groups is 1. The van der Waals surface area contributed by atoms with Crippen LogP contribution in [0.2, 0.25) is 0 Å². The Morgan fingerprint density at radius 1 is 1.23 bits per heavy atom. The van der Waals surface area contributed by atoms with E-state index in [1.54, 1.807) is 0 Å². The highest BCUT2D eigenvalue weighted by molar-refractivity contribution is 5.94. The zero-order chi connectivity index (χ0) is 18.3. The van der Waals surface area contributed by atoms with Gasteiger partial charge in [-0.2, -0.15) is 0 Å². The summed E-state index contributed by atoms with van der Waals surface area (Å²) in [6.45, 7) is 4.50. The van der Waals surface area contributed by atoms with E-state index in [1.165, 1.54) is 5.56 Å². The molecule has 0 spiro atoms. The van der Waals surface area contributed by atoms with Gasteiger partial charge in [-0.15, -0.1) is 0 Å². The Morgan fingerprint density at radius 3 is 2.65 bits per heavy atom. The van der Waals surface area contributed by atoms with Crippen molar-refractivity contribution in [2.75, 3.05) is 6.61 Å². The predicted molar refractivity (Wildman–Crippen MR) is 98.3 cm³/mol. The number of amides is 1. The van der Waals surface area contributed by atoms with E-state index < -0.39 is 0 Å². The quantitative estimate of drug-likeness (QED) is 0.888. The monoisotopic (exact) mass is 352 g/mol. The molecular formula is C21H24N2O3. The van der Waals surface area contributed by atoms with Crippen LogP contribution in [0.1, 0.15) is 51.8 Å². The van der Waals surface area contributed by atoms with E-state index in [-0.39, 0.29) is 24.0 Å². The molecule has 26 heavy (non-hydrogen) atoms. The molecule has 5 nitrogen and oxygen atoms in total. The van der Waals surface area contributed by atoms with E-state index in [2.05, 4.69) is 16.4 Å². The molecule has 1 saturated carbocycles. The molecular weight excluding hydrogens is 328 g/mol. The third kappa shape index (κ3) is 3.31. The number of carbonyl (C=O) groups excluding carboxylic acids is 1. The van der Waals surface area contributed by atoms with Crippen molar-refractivity contribution in [1.29, 1.82) is 0 Å². The highest BCUT2D eigenvalue weighted by Crippen LogP contribution is 2.40. The van der Waals surface area contributed by atoms with Gasteiger partial charge in [0.15, 0.2) is 0 Å². The maximum absolute atomic E-state index is 12.9. The first-order chi connectivity index (χ1) is 12.5. The van der Waals surface area contributed by atoms with Gasteiger partial charge in [-0.05, 0) is 68.0 Å². The topological polar surface area (TPSA) is 71.5 Å². The van der Waals surface area contributed by atoms with Crippen molar-refractivity contribution in [3.05, 3.63) is 58.4 Å². The zero-order valence-corrected chi connectivity index (χ0v) is 15.2. The van der Waals surface area contributed by atoms with Gasteiger partial charge < -0.3 is 15.2 Å². The molecule has 0 radical (unpaired) electrons. The lowest BCUT2D eigenvalue weighted by Crippen LogP contribution is -2.41. The third-order valence-corrected chi connectivity index (χ3v) is 5.32. The number of benzene rings is 1. The van der Waals surface area contributed by atoms with Gasteiger partial charge in [-0.3, -0.25) is 9.78 Å². The van der Waals surface area contributed by atoms with Gasteiger partial charge in [0.2, 0.25) is 0 Å². The van der Waals surface area contributed by atoms with Gasteiger partial charge in [0.1, 0.15) is 5.75 Å². The van der Waals surface area contributed by atoms with Crippen LogP contribution in [0.15, 0.2) is 30.3 Å². The van der Waals surface area contributed by atoms with Crippen LogP contribution in [-0.4, -0.2) is 28.7 Å². The summed E-state index contributed by atoms with van der Waals surface area (Å²) in [5, 5.41) is 13.0. The second-order valence-electron chi connectivity index (χ2n) is 7.44. The van der Waals surface area contributed by atoms with Crippen LogP contribution in [-0.2, 0) is 6.42 Å². The maximum Gasteiger partial charge on any atom is 0.251 e. The van der Waals surface area contributed by atoms with Crippen LogP contribution in [0.25, 0.3) is 0 Å². The summed E-state index contributed by atoms with van der Waals surface area (Å²) in [6, 6.07) is 9.68. The normalized spacial score (nSPS) is 22.1. The number of aliphatic hydroxyl groups is 1. The Kier molecular flexibility index (Phi) is 4.41. The van der Waals surface area contributed by atoms with E-state index in [1.807, 2.05) is 38.1 Å². The van der Waals surface area contributed by atoms with Crippen molar-refractivity contribution in [3.8, 4) is 5.75 Å². The Labute approximate surface area is 153 Å². The summed E-state index contributed by atoms with van der Waals surface area (Å²) in [4.78, 5) is 17.2. The molecule has 0 saturated heterocycles. The number of rotatable bonds is 4. The lowest BCUT2D eigenvalue weighted by Gasteiger charge is -2.38. The fourth-order valence-corrected chi connectivity index (χ4v) is 3.97. The highest BCUT2D eigenvalue weighted by Gasteiger charge is 2.36. The van der Waals surface area contributed by atoms with Crippen LogP contribution in [0.5, 0.6) is 5.75 Å². The molecule has 1 fully saturated rings. The van der Waals surface area contributed by atoms with Crippen molar-refractivity contribution in [2.45, 2.75) is 45.3 Å². The Balaban J connectivity index is 1.60. The number of hydrogen-bond donors (Lipinski definition) is 2. The van der Waals surface area contributed by atoms with Crippen LogP contribution >= 0.6 is 0 Å². The van der Waals surface area contributed by atoms with Crippen LogP contribution < -0.4 is 10.1 Å². The number of nitrogens with zero attached hydrogens (tertiary/aromatic N) is 1. The van der Waals surface area contributed by atoms with E-state index in [0.29, 0.717) is 25.0 Å². The second kappa shape index (κ2) is 6.72. The Morgan fingerprint density at radius 2 is 1.96 bits per heavy atom. The van der Waals surface area contributed by atoms with Gasteiger partial charge in [0, 0.05) is 23.4 Å². The number of fused-ring (bicyclic) bond motifs is 1. The first-order valence-corrected chi connectivity index (χ1v) is 9.19. The summed E-state index contributed by atoms with van der Waals surface area (Å²) in [7, 11) is 0. The minimum Gasteiger partial charge on any atom is -0.493 e. The number of aryl methyl sites for hydroxylation is 2. The molecule has 1 aromatic heterocycles. The Hall–Kier alpha value is -2.40. The number of nitrogens with one attached hydrogen (secondary N) is 1. The predicted octanol–water partition coefficient (Wildman–Crippen LogP) is 2.88. The second-order valence-corrected chi connectivity index (χ2v) is 7.44. The average Bonchev–Trinajstić information content (AvgIpc) is 3.03. The molecule has 2 aromatic rings. The van der Waals surface area contributed by atoms with E-state index in [9.17, 15) is 9.90 Å². The van der Waals surface area contributed by atoms with E-state index in [0.717, 1.165) is 29.1 Å². The number of ether oxygens (including phenoxy) is 1. The van der Waals surface area contributed by atoms with Gasteiger partial charge in [-0.1, -0.05) is 6.07 Å². The van der Waals surface area contributed by atoms with Crippen LogP contribution in [0, 0.1) is 19.8 Å². The maximum atomic E-state index is 12.9. The molecule has 1 amide bonds. The smallest absolute Gasteiger partial charge is 0.251 e. The third-order valence-electron chi connectivity index (χ3n) is 5.32. The average molecular weight is 352 g/mol. The lowest BCUT2D eigenvalue weighted by molar-refractivity contribution is 0.0235. The number of aliphatic hydroxyl groups excluding tert-OH is 1. The SMILES string of the molecule is Cc1cc(C(=O)N[C@H](c2ccc3c(c2)CCO3)C2CC(O)C2)cc(C)n1. The highest BCUT2D eigenvalue weighted by atomic mass is 16.5. The molecule has 1 aliphatic heterocycles. The molecule has 4 rings (SSSR count). The summed E-state index contributed by atoms with van der Waals surface area (Å²) < 4.78 is 5.59. The minimum absolute atomic E-state index is 0.0956. The summed E-state index contributed by atoms with van der Waals surface area (Å²) in [5.74, 6) is 1.09. The van der Waals surface area contributed by atoms with Crippen LogP contribution in [0.3, 0.4) is 0 Å². The van der Waals surface area contributed by atoms with Crippen molar-refractivity contribution in [2.24, 2.45) is 5.92 Å². The molecule has 136 valence electrons. The standard InChI is InChI=1S/C21H24N2O3/c1-12-7-17(8-13(2)22-12)21(25)23-20(16-10-18(24)11-16)15-3-4-19-14(9-15)5-6-26-19/h3-4,7-9,16,18,20,24H,5-6,10-11H2,1-2H3,(H,23,25)/t16?,18?,20-/m1/s1. The molecule has 1 atom stereocenters. The molecule has 1 aromatic carbocycles. The van der Waals surface area contributed by atoms with E-state index >= 15 is 0 Å². The number of pyridine rings is 1. The molecule has 0 unspecified atom stereocenters. The molecule has 2 heterocycles. The summed E-state index contributed by atoms with van der Waals surface area (Å²) >= 11 is 0. The van der Waals surface area contributed by atoms with Crippen molar-refractivity contribution < 1.29 is 14.6 Å². The van der Waals surface area contributed by atoms with Crippen molar-refractivity contribution in [3.63, 3.8) is 0 Å². The van der Waals surface area contributed by atoms with Crippen molar-refractivity contribution >= 4 is 5.91 Å². The van der Waals surface area contributed by atoms with Crippen molar-refractivity contribution in [1.82, 2.24) is 10.3 Å². The molecule has 2 N–H and O–H groups in total. The summed E-state index contributed by atoms with van der Waals surface area (Å²) in [6.07, 6.45) is 2.07. The molecule has 0 bridgehead atoms. The van der Waals surface area contributed by atoms with E-state index in [4.69, 9.17) is 4.74 Å².